The van der Waals surface area contributed by atoms with Gasteiger partial charge in [-0.3, -0.25) is 14.6 Å². The fourth-order valence-electron chi connectivity index (χ4n) is 2.92. The number of nitrogens with one attached hydrogen (secondary N) is 2. The lowest BCUT2D eigenvalue weighted by atomic mass is 10.1. The summed E-state index contributed by atoms with van der Waals surface area (Å²) in [5.74, 6) is -0.643. The van der Waals surface area contributed by atoms with Crippen molar-refractivity contribution < 1.29 is 9.18 Å². The molecule has 0 fully saturated rings. The molecule has 140 valence electrons. The highest BCUT2D eigenvalue weighted by atomic mass is 19.1. The van der Waals surface area contributed by atoms with Crippen LogP contribution in [-0.2, 0) is 6.54 Å². The number of aryl methyl sites for hydroxylation is 1. The Kier molecular flexibility index (Phi) is 4.72. The summed E-state index contributed by atoms with van der Waals surface area (Å²) in [6.45, 7) is 2.67. The number of benzene rings is 2. The Hall–Kier alpha value is -3.74. The van der Waals surface area contributed by atoms with Gasteiger partial charge in [0.05, 0.1) is 24.1 Å². The summed E-state index contributed by atoms with van der Waals surface area (Å²) in [6.07, 6.45) is 3.38. The molecule has 2 aromatic carbocycles. The van der Waals surface area contributed by atoms with Crippen LogP contribution in [0.4, 0.5) is 10.1 Å². The standard InChI is InChI=1S/C21H18FN5O/c1-14-3-2-4-15(9-14)12-27-13-18(11-23-27)24-21(28)20-10-19(25-26-20)16-5-7-17(22)8-6-16/h2-11,13H,12H2,1H3,(H,24,28)(H,25,26). The molecule has 7 heteroatoms. The van der Waals surface area contributed by atoms with Crippen LogP contribution in [-0.4, -0.2) is 25.9 Å². The van der Waals surface area contributed by atoms with Gasteiger partial charge in [0, 0.05) is 11.8 Å². The normalized spacial score (nSPS) is 10.8. The van der Waals surface area contributed by atoms with Crippen molar-refractivity contribution in [3.05, 3.63) is 89.6 Å². The Morgan fingerprint density at radius 3 is 2.79 bits per heavy atom. The topological polar surface area (TPSA) is 75.6 Å². The predicted molar refractivity (Wildman–Crippen MR) is 104 cm³/mol. The van der Waals surface area contributed by atoms with Gasteiger partial charge in [-0.1, -0.05) is 29.8 Å². The minimum Gasteiger partial charge on any atom is -0.318 e. The maximum Gasteiger partial charge on any atom is 0.273 e. The second-order valence-electron chi connectivity index (χ2n) is 6.54. The highest BCUT2D eigenvalue weighted by Gasteiger charge is 2.12. The van der Waals surface area contributed by atoms with Gasteiger partial charge in [-0.25, -0.2) is 4.39 Å². The maximum atomic E-state index is 13.0. The van der Waals surface area contributed by atoms with Gasteiger partial charge in [0.15, 0.2) is 0 Å². The van der Waals surface area contributed by atoms with Crippen LogP contribution in [0, 0.1) is 12.7 Å². The Balaban J connectivity index is 1.43. The van der Waals surface area contributed by atoms with Crippen molar-refractivity contribution in [1.82, 2.24) is 20.0 Å². The molecule has 0 spiro atoms. The van der Waals surface area contributed by atoms with Gasteiger partial charge in [-0.05, 0) is 42.8 Å². The van der Waals surface area contributed by atoms with Gasteiger partial charge in [0.1, 0.15) is 11.5 Å². The molecule has 0 atom stereocenters. The van der Waals surface area contributed by atoms with Gasteiger partial charge in [-0.2, -0.15) is 10.2 Å². The third-order valence-electron chi connectivity index (χ3n) is 4.28. The van der Waals surface area contributed by atoms with E-state index in [4.69, 9.17) is 0 Å². The molecule has 28 heavy (non-hydrogen) atoms. The second-order valence-corrected chi connectivity index (χ2v) is 6.54. The number of anilines is 1. The number of amides is 1. The van der Waals surface area contributed by atoms with Crippen molar-refractivity contribution in [2.75, 3.05) is 5.32 Å². The summed E-state index contributed by atoms with van der Waals surface area (Å²) < 4.78 is 14.8. The summed E-state index contributed by atoms with van der Waals surface area (Å²) in [4.78, 5) is 12.4. The van der Waals surface area contributed by atoms with E-state index in [1.807, 2.05) is 25.1 Å². The molecule has 1 amide bonds. The first-order valence-corrected chi connectivity index (χ1v) is 8.77. The molecule has 0 aliphatic heterocycles. The molecule has 6 nitrogen and oxygen atoms in total. The van der Waals surface area contributed by atoms with Crippen molar-refractivity contribution in [1.29, 1.82) is 0 Å². The van der Waals surface area contributed by atoms with Crippen molar-refractivity contribution in [2.45, 2.75) is 13.5 Å². The molecular weight excluding hydrogens is 357 g/mol. The van der Waals surface area contributed by atoms with Crippen LogP contribution >= 0.6 is 0 Å². The van der Waals surface area contributed by atoms with E-state index in [9.17, 15) is 9.18 Å². The first-order valence-electron chi connectivity index (χ1n) is 8.77. The van der Waals surface area contributed by atoms with Crippen LogP contribution in [0.2, 0.25) is 0 Å². The van der Waals surface area contributed by atoms with Crippen LogP contribution in [0.5, 0.6) is 0 Å². The summed E-state index contributed by atoms with van der Waals surface area (Å²) in [5.41, 5.74) is 4.53. The van der Waals surface area contributed by atoms with Crippen LogP contribution < -0.4 is 5.32 Å². The van der Waals surface area contributed by atoms with Crippen molar-refractivity contribution in [3.8, 4) is 11.3 Å². The van der Waals surface area contributed by atoms with Crippen LogP contribution in [0.15, 0.2) is 67.0 Å². The SMILES string of the molecule is Cc1cccc(Cn2cc(NC(=O)c3cc(-c4ccc(F)cc4)n[nH]3)cn2)c1. The third kappa shape index (κ3) is 3.98. The summed E-state index contributed by atoms with van der Waals surface area (Å²) >= 11 is 0. The molecule has 0 unspecified atom stereocenters. The number of halogens is 1. The monoisotopic (exact) mass is 375 g/mol. The average molecular weight is 375 g/mol. The zero-order valence-electron chi connectivity index (χ0n) is 15.2. The number of carbonyl (C=O) groups excluding carboxylic acids is 1. The van der Waals surface area contributed by atoms with Gasteiger partial charge >= 0.3 is 0 Å². The Morgan fingerprint density at radius 2 is 2.00 bits per heavy atom. The summed E-state index contributed by atoms with van der Waals surface area (Å²) in [7, 11) is 0. The lowest BCUT2D eigenvalue weighted by Crippen LogP contribution is -2.11. The molecule has 4 aromatic rings. The molecule has 0 saturated heterocycles. The van der Waals surface area contributed by atoms with Crippen LogP contribution in [0.25, 0.3) is 11.3 Å². The molecule has 0 bridgehead atoms. The van der Waals surface area contributed by atoms with Gasteiger partial charge in [-0.15, -0.1) is 0 Å². The van der Waals surface area contributed by atoms with Crippen molar-refractivity contribution in [3.63, 3.8) is 0 Å². The van der Waals surface area contributed by atoms with Crippen molar-refractivity contribution in [2.24, 2.45) is 0 Å². The fourth-order valence-corrected chi connectivity index (χ4v) is 2.92. The lowest BCUT2D eigenvalue weighted by Gasteiger charge is -2.03. The van der Waals surface area contributed by atoms with Gasteiger partial charge in [0.25, 0.3) is 5.91 Å². The average Bonchev–Trinajstić information content (AvgIpc) is 3.32. The van der Waals surface area contributed by atoms with E-state index in [2.05, 4.69) is 26.7 Å². The van der Waals surface area contributed by atoms with E-state index in [-0.39, 0.29) is 11.7 Å². The number of rotatable bonds is 5. The molecule has 4 rings (SSSR count). The maximum absolute atomic E-state index is 13.0. The van der Waals surface area contributed by atoms with E-state index in [0.717, 1.165) is 11.1 Å². The smallest absolute Gasteiger partial charge is 0.273 e. The zero-order valence-corrected chi connectivity index (χ0v) is 15.2. The number of hydrogen-bond donors (Lipinski definition) is 2. The zero-order chi connectivity index (χ0) is 19.5. The van der Waals surface area contributed by atoms with Gasteiger partial charge < -0.3 is 5.32 Å². The summed E-state index contributed by atoms with van der Waals surface area (Å²) in [5, 5.41) is 13.9. The van der Waals surface area contributed by atoms with E-state index >= 15 is 0 Å². The number of hydrogen-bond acceptors (Lipinski definition) is 3. The third-order valence-corrected chi connectivity index (χ3v) is 4.28. The first kappa shape index (κ1) is 17.7. The highest BCUT2D eigenvalue weighted by Crippen LogP contribution is 2.19. The Morgan fingerprint density at radius 1 is 1.18 bits per heavy atom. The molecule has 0 radical (unpaired) electrons. The minimum atomic E-state index is -0.323. The Labute approximate surface area is 161 Å². The number of nitrogens with zero attached hydrogens (tertiary/aromatic N) is 3. The fraction of sp³-hybridized carbons (Fsp3) is 0.0952. The number of aromatic amines is 1. The first-order chi connectivity index (χ1) is 13.6. The van der Waals surface area contributed by atoms with E-state index in [1.165, 1.54) is 17.7 Å². The molecule has 0 aliphatic rings. The minimum absolute atomic E-state index is 0.311. The van der Waals surface area contributed by atoms with E-state index in [0.29, 0.717) is 23.6 Å². The van der Waals surface area contributed by atoms with Gasteiger partial charge in [0.2, 0.25) is 0 Å². The second kappa shape index (κ2) is 7.48. The quantitative estimate of drug-likeness (QED) is 0.553. The molecule has 2 aromatic heterocycles. The van der Waals surface area contributed by atoms with Crippen LogP contribution in [0.3, 0.4) is 0 Å². The lowest BCUT2D eigenvalue weighted by molar-refractivity contribution is 0.102. The molecule has 0 aliphatic carbocycles. The summed E-state index contributed by atoms with van der Waals surface area (Å²) in [6, 6.07) is 15.7. The molecule has 0 saturated carbocycles. The number of H-pyrrole nitrogens is 1. The van der Waals surface area contributed by atoms with Crippen molar-refractivity contribution >= 4 is 11.6 Å². The number of aromatic nitrogens is 4. The Bertz CT molecular complexity index is 1110. The van der Waals surface area contributed by atoms with E-state index < -0.39 is 0 Å². The molecule has 2 heterocycles. The largest absolute Gasteiger partial charge is 0.318 e. The van der Waals surface area contributed by atoms with E-state index in [1.54, 1.807) is 35.3 Å². The molecule has 2 N–H and O–H groups in total. The predicted octanol–water partition coefficient (Wildman–Crippen LogP) is 4.02. The van der Waals surface area contributed by atoms with Crippen LogP contribution in [0.1, 0.15) is 21.6 Å². The number of carbonyl (C=O) groups is 1. The highest BCUT2D eigenvalue weighted by molar-refractivity contribution is 6.03. The molecular formula is C21H18FN5O.